The van der Waals surface area contributed by atoms with Crippen molar-refractivity contribution in [2.75, 3.05) is 12.8 Å². The van der Waals surface area contributed by atoms with Crippen molar-refractivity contribution >= 4 is 16.9 Å². The molecule has 0 saturated heterocycles. The molecule has 0 bridgehead atoms. The lowest BCUT2D eigenvalue weighted by molar-refractivity contribution is 0.377. The zero-order valence-electron chi connectivity index (χ0n) is 10.9. The average molecular weight is 267 g/mol. The van der Waals surface area contributed by atoms with Crippen LogP contribution in [0, 0.1) is 0 Å². The van der Waals surface area contributed by atoms with Gasteiger partial charge in [-0.3, -0.25) is 4.98 Å². The van der Waals surface area contributed by atoms with Crippen molar-refractivity contribution in [2.24, 2.45) is 0 Å². The minimum absolute atomic E-state index is 0.158. The Labute approximate surface area is 115 Å². The number of anilines is 1. The Morgan fingerprint density at radius 3 is 2.80 bits per heavy atom. The molecule has 0 saturated carbocycles. The smallest absolute Gasteiger partial charge is 0.321 e. The number of aromatic nitrogens is 4. The van der Waals surface area contributed by atoms with Gasteiger partial charge in [-0.25, -0.2) is 0 Å². The molecule has 6 nitrogen and oxygen atoms in total. The lowest BCUT2D eigenvalue weighted by Crippen LogP contribution is -2.06. The van der Waals surface area contributed by atoms with Crippen LogP contribution >= 0.6 is 0 Å². The average Bonchev–Trinajstić information content (AvgIpc) is 2.47. The number of hydrogen-bond acceptors (Lipinski definition) is 6. The van der Waals surface area contributed by atoms with E-state index in [2.05, 4.69) is 19.9 Å². The van der Waals surface area contributed by atoms with Crippen LogP contribution in [0.3, 0.4) is 0 Å². The summed E-state index contributed by atoms with van der Waals surface area (Å²) in [7, 11) is 1.50. The first kappa shape index (κ1) is 12.3. The number of ether oxygens (including phenoxy) is 1. The molecule has 0 radical (unpaired) electrons. The molecule has 2 heterocycles. The molecule has 0 aliphatic carbocycles. The Morgan fingerprint density at radius 2 is 1.95 bits per heavy atom. The van der Waals surface area contributed by atoms with Crippen molar-refractivity contribution in [3.05, 3.63) is 47.9 Å². The topological polar surface area (TPSA) is 86.8 Å². The van der Waals surface area contributed by atoms with Crippen molar-refractivity contribution in [3.8, 4) is 6.01 Å². The molecule has 2 aromatic heterocycles. The summed E-state index contributed by atoms with van der Waals surface area (Å²) in [6.45, 7) is 0. The molecule has 0 spiro atoms. The zero-order chi connectivity index (χ0) is 13.9. The first-order valence-electron chi connectivity index (χ1n) is 6.13. The lowest BCUT2D eigenvalue weighted by atomic mass is 10.1. The second-order valence-corrected chi connectivity index (χ2v) is 4.26. The molecule has 2 N–H and O–H groups in total. The molecule has 0 atom stereocenters. The number of nitrogens with two attached hydrogens (primary N) is 1. The molecule has 6 heteroatoms. The van der Waals surface area contributed by atoms with E-state index in [0.29, 0.717) is 12.2 Å². The fourth-order valence-electron chi connectivity index (χ4n) is 2.07. The van der Waals surface area contributed by atoms with Gasteiger partial charge in [0, 0.05) is 18.0 Å². The number of fused-ring (bicyclic) bond motifs is 1. The van der Waals surface area contributed by atoms with Crippen LogP contribution in [0.4, 0.5) is 5.95 Å². The van der Waals surface area contributed by atoms with E-state index >= 15 is 0 Å². The van der Waals surface area contributed by atoms with Crippen LogP contribution in [0.5, 0.6) is 6.01 Å². The van der Waals surface area contributed by atoms with E-state index in [1.165, 1.54) is 7.11 Å². The predicted molar refractivity (Wildman–Crippen MR) is 75.3 cm³/mol. The van der Waals surface area contributed by atoms with E-state index < -0.39 is 0 Å². The van der Waals surface area contributed by atoms with E-state index in [-0.39, 0.29) is 12.0 Å². The summed E-state index contributed by atoms with van der Waals surface area (Å²) in [5.74, 6) is 0.732. The highest BCUT2D eigenvalue weighted by atomic mass is 16.5. The Morgan fingerprint density at radius 1 is 1.10 bits per heavy atom. The van der Waals surface area contributed by atoms with Crippen molar-refractivity contribution in [3.63, 3.8) is 0 Å². The summed E-state index contributed by atoms with van der Waals surface area (Å²) >= 11 is 0. The van der Waals surface area contributed by atoms with E-state index in [4.69, 9.17) is 10.5 Å². The van der Waals surface area contributed by atoms with E-state index in [1.54, 1.807) is 6.20 Å². The number of benzene rings is 1. The van der Waals surface area contributed by atoms with Gasteiger partial charge in [-0.2, -0.15) is 15.0 Å². The Bertz CT molecular complexity index is 754. The summed E-state index contributed by atoms with van der Waals surface area (Å²) in [4.78, 5) is 16.6. The third-order valence-electron chi connectivity index (χ3n) is 2.95. The number of pyridine rings is 1. The maximum atomic E-state index is 5.65. The van der Waals surface area contributed by atoms with Crippen LogP contribution in [0.25, 0.3) is 10.9 Å². The largest absolute Gasteiger partial charge is 0.467 e. The Balaban J connectivity index is 2.03. The van der Waals surface area contributed by atoms with Crippen molar-refractivity contribution < 1.29 is 4.74 Å². The molecular formula is C14H13N5O. The molecule has 0 aliphatic rings. The molecule has 0 aliphatic heterocycles. The highest BCUT2D eigenvalue weighted by molar-refractivity contribution is 5.82. The van der Waals surface area contributed by atoms with Crippen LogP contribution in [0.2, 0.25) is 0 Å². The second-order valence-electron chi connectivity index (χ2n) is 4.26. The minimum atomic E-state index is 0.158. The number of para-hydroxylation sites is 1. The van der Waals surface area contributed by atoms with Crippen molar-refractivity contribution in [1.29, 1.82) is 0 Å². The minimum Gasteiger partial charge on any atom is -0.467 e. The van der Waals surface area contributed by atoms with E-state index in [1.807, 2.05) is 30.3 Å². The molecule has 1 aromatic carbocycles. The third-order valence-corrected chi connectivity index (χ3v) is 2.95. The molecule has 0 fully saturated rings. The first-order chi connectivity index (χ1) is 9.76. The van der Waals surface area contributed by atoms with Gasteiger partial charge in [-0.15, -0.1) is 0 Å². The van der Waals surface area contributed by atoms with Gasteiger partial charge in [0.05, 0.1) is 12.6 Å². The third kappa shape index (κ3) is 2.35. The Hall–Kier alpha value is -2.76. The summed E-state index contributed by atoms with van der Waals surface area (Å²) < 4.78 is 5.01. The SMILES string of the molecule is COc1nc(N)nc(Cc2ccnc3ccccc23)n1. The van der Waals surface area contributed by atoms with E-state index in [9.17, 15) is 0 Å². The van der Waals surface area contributed by atoms with Crippen LogP contribution in [-0.2, 0) is 6.42 Å². The van der Waals surface area contributed by atoms with Crippen LogP contribution in [-0.4, -0.2) is 27.0 Å². The van der Waals surface area contributed by atoms with Gasteiger partial charge in [-0.1, -0.05) is 18.2 Å². The van der Waals surface area contributed by atoms with Crippen molar-refractivity contribution in [1.82, 2.24) is 19.9 Å². The summed E-state index contributed by atoms with van der Waals surface area (Å²) in [6.07, 6.45) is 2.32. The lowest BCUT2D eigenvalue weighted by Gasteiger charge is -2.06. The van der Waals surface area contributed by atoms with Gasteiger partial charge in [0.15, 0.2) is 0 Å². The first-order valence-corrected chi connectivity index (χ1v) is 6.13. The van der Waals surface area contributed by atoms with Crippen molar-refractivity contribution in [2.45, 2.75) is 6.42 Å². The standard InChI is InChI=1S/C14H13N5O/c1-20-14-18-12(17-13(15)19-14)8-9-6-7-16-11-5-3-2-4-10(9)11/h2-7H,8H2,1H3,(H2,15,17,18,19). The summed E-state index contributed by atoms with van der Waals surface area (Å²) in [5, 5.41) is 1.08. The van der Waals surface area contributed by atoms with Crippen LogP contribution in [0.1, 0.15) is 11.4 Å². The molecular weight excluding hydrogens is 254 g/mol. The van der Waals surface area contributed by atoms with Gasteiger partial charge in [0.2, 0.25) is 5.95 Å². The molecule has 0 amide bonds. The molecule has 20 heavy (non-hydrogen) atoms. The number of hydrogen-bond donors (Lipinski definition) is 1. The maximum absolute atomic E-state index is 5.65. The van der Waals surface area contributed by atoms with Gasteiger partial charge < -0.3 is 10.5 Å². The van der Waals surface area contributed by atoms with Crippen LogP contribution in [0.15, 0.2) is 36.5 Å². The fraction of sp³-hybridized carbons (Fsp3) is 0.143. The van der Waals surface area contributed by atoms with Gasteiger partial charge in [0.25, 0.3) is 0 Å². The van der Waals surface area contributed by atoms with Gasteiger partial charge in [0.1, 0.15) is 5.82 Å². The monoisotopic (exact) mass is 267 g/mol. The molecule has 3 rings (SSSR count). The number of nitrogens with zero attached hydrogens (tertiary/aromatic N) is 4. The van der Waals surface area contributed by atoms with E-state index in [0.717, 1.165) is 16.5 Å². The number of nitrogen functional groups attached to an aromatic ring is 1. The predicted octanol–water partition coefficient (Wildman–Crippen LogP) is 1.60. The maximum Gasteiger partial charge on any atom is 0.321 e. The number of rotatable bonds is 3. The molecule has 100 valence electrons. The van der Waals surface area contributed by atoms with Gasteiger partial charge in [-0.05, 0) is 17.7 Å². The normalized spacial score (nSPS) is 10.7. The fourth-order valence-corrected chi connectivity index (χ4v) is 2.07. The molecule has 0 unspecified atom stereocenters. The van der Waals surface area contributed by atoms with Gasteiger partial charge >= 0.3 is 6.01 Å². The second kappa shape index (κ2) is 5.08. The summed E-state index contributed by atoms with van der Waals surface area (Å²) in [5.41, 5.74) is 7.68. The summed E-state index contributed by atoms with van der Waals surface area (Å²) in [6, 6.07) is 10.1. The van der Waals surface area contributed by atoms with Crippen LogP contribution < -0.4 is 10.5 Å². The number of methoxy groups -OCH3 is 1. The highest BCUT2D eigenvalue weighted by Crippen LogP contribution is 2.19. The Kier molecular flexibility index (Phi) is 3.12. The highest BCUT2D eigenvalue weighted by Gasteiger charge is 2.08. The molecule has 3 aromatic rings. The zero-order valence-corrected chi connectivity index (χ0v) is 10.9. The quantitative estimate of drug-likeness (QED) is 0.775.